The summed E-state index contributed by atoms with van der Waals surface area (Å²) in [5, 5.41) is 9.02. The van der Waals surface area contributed by atoms with Crippen LogP contribution in [0.2, 0.25) is 0 Å². The highest BCUT2D eigenvalue weighted by Crippen LogP contribution is 2.26. The minimum atomic E-state index is 0.469. The molecule has 0 radical (unpaired) electrons. The van der Waals surface area contributed by atoms with Gasteiger partial charge in [0.2, 0.25) is 0 Å². The number of pyridine rings is 1. The Morgan fingerprint density at radius 3 is 2.53 bits per heavy atom. The molecule has 0 aliphatic rings. The largest absolute Gasteiger partial charge is 0.496 e. The van der Waals surface area contributed by atoms with E-state index in [0.717, 1.165) is 28.1 Å². The summed E-state index contributed by atoms with van der Waals surface area (Å²) in [6.45, 7) is 3.88. The molecule has 4 heteroatoms. The number of nitriles is 1. The first kappa shape index (κ1) is 13.3. The van der Waals surface area contributed by atoms with Crippen molar-refractivity contribution < 1.29 is 4.74 Å². The van der Waals surface area contributed by atoms with Crippen LogP contribution in [0.4, 0.5) is 0 Å². The van der Waals surface area contributed by atoms with Crippen molar-refractivity contribution in [2.75, 3.05) is 7.11 Å². The van der Waals surface area contributed by atoms with Crippen LogP contribution in [0.5, 0.6) is 5.75 Å². The van der Waals surface area contributed by atoms with E-state index < -0.39 is 0 Å². The summed E-state index contributed by atoms with van der Waals surface area (Å²) in [5.74, 6) is 0.832. The quantitative estimate of drug-likeness (QED) is 0.842. The van der Waals surface area contributed by atoms with Crippen molar-refractivity contribution in [1.29, 1.82) is 5.26 Å². The Morgan fingerprint density at radius 2 is 1.95 bits per heavy atom. The van der Waals surface area contributed by atoms with Crippen LogP contribution in [0.3, 0.4) is 0 Å². The summed E-state index contributed by atoms with van der Waals surface area (Å²) in [6.07, 6.45) is 0. The number of aryl methyl sites for hydroxylation is 2. The van der Waals surface area contributed by atoms with Gasteiger partial charge >= 0.3 is 0 Å². The summed E-state index contributed by atoms with van der Waals surface area (Å²) in [7, 11) is 1.65. The SMILES string of the molecule is COc1cc(-c2cc(C)c(C#N)c(=S)[nH]2)ccc1C. The van der Waals surface area contributed by atoms with E-state index in [1.54, 1.807) is 7.11 Å². The molecule has 0 fully saturated rings. The van der Waals surface area contributed by atoms with E-state index in [1.807, 2.05) is 38.1 Å². The second-order valence-electron chi connectivity index (χ2n) is 4.37. The summed E-state index contributed by atoms with van der Waals surface area (Å²) < 4.78 is 5.79. The fraction of sp³-hybridized carbons (Fsp3) is 0.200. The average Bonchev–Trinajstić information content (AvgIpc) is 2.39. The smallest absolute Gasteiger partial charge is 0.122 e. The van der Waals surface area contributed by atoms with Gasteiger partial charge in [0.1, 0.15) is 16.5 Å². The Morgan fingerprint density at radius 1 is 1.21 bits per heavy atom. The second kappa shape index (κ2) is 5.25. The van der Waals surface area contributed by atoms with E-state index in [4.69, 9.17) is 22.2 Å². The van der Waals surface area contributed by atoms with Crippen LogP contribution in [0.15, 0.2) is 24.3 Å². The fourth-order valence-corrected chi connectivity index (χ4v) is 2.29. The first-order valence-electron chi connectivity index (χ1n) is 5.86. The number of nitrogens with zero attached hydrogens (tertiary/aromatic N) is 1. The molecule has 96 valence electrons. The molecule has 0 atom stereocenters. The predicted molar refractivity (Wildman–Crippen MR) is 77.8 cm³/mol. The summed E-state index contributed by atoms with van der Waals surface area (Å²) >= 11 is 5.20. The number of hydrogen-bond donors (Lipinski definition) is 1. The zero-order valence-electron chi connectivity index (χ0n) is 11.1. The number of aromatic nitrogens is 1. The van der Waals surface area contributed by atoms with Gasteiger partial charge in [0.15, 0.2) is 0 Å². The summed E-state index contributed by atoms with van der Waals surface area (Å²) in [6, 6.07) is 10.0. The van der Waals surface area contributed by atoms with Crippen LogP contribution in [0.1, 0.15) is 16.7 Å². The zero-order valence-corrected chi connectivity index (χ0v) is 11.9. The van der Waals surface area contributed by atoms with Crippen LogP contribution in [-0.2, 0) is 0 Å². The Balaban J connectivity index is 2.61. The van der Waals surface area contributed by atoms with Crippen molar-refractivity contribution in [2.24, 2.45) is 0 Å². The molecule has 0 saturated carbocycles. The standard InChI is InChI=1S/C15H14N2OS/c1-9-4-5-11(7-14(9)18-3)13-6-10(2)12(8-16)15(19)17-13/h4-7H,1-3H3,(H,17,19). The van der Waals surface area contributed by atoms with E-state index in [2.05, 4.69) is 11.1 Å². The number of hydrogen-bond acceptors (Lipinski definition) is 3. The second-order valence-corrected chi connectivity index (χ2v) is 4.77. The first-order valence-corrected chi connectivity index (χ1v) is 6.26. The number of methoxy groups -OCH3 is 1. The van der Waals surface area contributed by atoms with Crippen LogP contribution in [0, 0.1) is 29.8 Å². The molecule has 0 spiro atoms. The maximum absolute atomic E-state index is 9.02. The van der Waals surface area contributed by atoms with Crippen LogP contribution in [-0.4, -0.2) is 12.1 Å². The van der Waals surface area contributed by atoms with Crippen LogP contribution < -0.4 is 4.74 Å². The van der Waals surface area contributed by atoms with Crippen molar-refractivity contribution in [3.05, 3.63) is 45.6 Å². The molecule has 0 aliphatic heterocycles. The van der Waals surface area contributed by atoms with Crippen molar-refractivity contribution in [2.45, 2.75) is 13.8 Å². The lowest BCUT2D eigenvalue weighted by atomic mass is 10.0. The van der Waals surface area contributed by atoms with Crippen molar-refractivity contribution in [3.8, 4) is 23.1 Å². The van der Waals surface area contributed by atoms with Gasteiger partial charge in [-0.2, -0.15) is 5.26 Å². The van der Waals surface area contributed by atoms with Gasteiger partial charge in [-0.1, -0.05) is 24.4 Å². The van der Waals surface area contributed by atoms with Gasteiger partial charge in [-0.25, -0.2) is 0 Å². The normalized spacial score (nSPS) is 10.0. The van der Waals surface area contributed by atoms with Crippen molar-refractivity contribution in [3.63, 3.8) is 0 Å². The first-order chi connectivity index (χ1) is 9.06. The highest BCUT2D eigenvalue weighted by molar-refractivity contribution is 7.71. The Hall–Kier alpha value is -2.12. The molecule has 1 aromatic heterocycles. The monoisotopic (exact) mass is 270 g/mol. The predicted octanol–water partition coefficient (Wildman–Crippen LogP) is 3.91. The Labute approximate surface area is 117 Å². The van der Waals surface area contributed by atoms with Crippen LogP contribution in [0.25, 0.3) is 11.3 Å². The Kier molecular flexibility index (Phi) is 3.68. The van der Waals surface area contributed by atoms with E-state index in [9.17, 15) is 0 Å². The molecular weight excluding hydrogens is 256 g/mol. The molecule has 2 aromatic rings. The molecule has 0 saturated heterocycles. The van der Waals surface area contributed by atoms with Gasteiger partial charge in [-0.15, -0.1) is 0 Å². The number of rotatable bonds is 2. The Bertz CT molecular complexity index is 726. The summed E-state index contributed by atoms with van der Waals surface area (Å²) in [5.41, 5.74) is 4.36. The van der Waals surface area contributed by atoms with Gasteiger partial charge < -0.3 is 9.72 Å². The highest BCUT2D eigenvalue weighted by Gasteiger charge is 2.07. The van der Waals surface area contributed by atoms with E-state index in [0.29, 0.717) is 10.2 Å². The van der Waals surface area contributed by atoms with E-state index in [1.165, 1.54) is 0 Å². The number of nitrogens with one attached hydrogen (secondary N) is 1. The number of H-pyrrole nitrogens is 1. The molecule has 1 N–H and O–H groups in total. The lowest BCUT2D eigenvalue weighted by molar-refractivity contribution is 0.412. The van der Waals surface area contributed by atoms with Gasteiger partial charge in [0.25, 0.3) is 0 Å². The van der Waals surface area contributed by atoms with Gasteiger partial charge in [-0.3, -0.25) is 0 Å². The molecule has 0 bridgehead atoms. The molecular formula is C15H14N2OS. The number of ether oxygens (including phenoxy) is 1. The topological polar surface area (TPSA) is 48.8 Å². The molecule has 1 heterocycles. The van der Waals surface area contributed by atoms with Gasteiger partial charge in [0, 0.05) is 11.3 Å². The molecule has 0 unspecified atom stereocenters. The van der Waals surface area contributed by atoms with Gasteiger partial charge in [0.05, 0.1) is 12.7 Å². The van der Waals surface area contributed by atoms with Crippen LogP contribution >= 0.6 is 12.2 Å². The highest BCUT2D eigenvalue weighted by atomic mass is 32.1. The maximum Gasteiger partial charge on any atom is 0.122 e. The molecule has 19 heavy (non-hydrogen) atoms. The maximum atomic E-state index is 9.02. The zero-order chi connectivity index (χ0) is 14.0. The van der Waals surface area contributed by atoms with Gasteiger partial charge in [-0.05, 0) is 37.1 Å². The fourth-order valence-electron chi connectivity index (χ4n) is 1.97. The van der Waals surface area contributed by atoms with Crippen molar-refractivity contribution in [1.82, 2.24) is 4.98 Å². The molecule has 2 rings (SSSR count). The molecule has 0 aliphatic carbocycles. The lowest BCUT2D eigenvalue weighted by Crippen LogP contribution is -1.93. The minimum Gasteiger partial charge on any atom is -0.496 e. The number of aromatic amines is 1. The summed E-state index contributed by atoms with van der Waals surface area (Å²) in [4.78, 5) is 3.09. The minimum absolute atomic E-state index is 0.469. The molecule has 0 amide bonds. The van der Waals surface area contributed by atoms with E-state index >= 15 is 0 Å². The molecule has 3 nitrogen and oxygen atoms in total. The third-order valence-electron chi connectivity index (χ3n) is 3.06. The van der Waals surface area contributed by atoms with Crippen molar-refractivity contribution >= 4 is 12.2 Å². The third kappa shape index (κ3) is 2.51. The molecule has 1 aromatic carbocycles. The lowest BCUT2D eigenvalue weighted by Gasteiger charge is -2.09. The van der Waals surface area contributed by atoms with E-state index in [-0.39, 0.29) is 0 Å². The third-order valence-corrected chi connectivity index (χ3v) is 3.37. The number of benzene rings is 1. The average molecular weight is 270 g/mol.